The maximum absolute atomic E-state index is 12.1. The number of amides is 1. The molecule has 0 aliphatic heterocycles. The minimum atomic E-state index is -4.96. The maximum atomic E-state index is 12.1. The molecule has 1 unspecified atom stereocenters. The summed E-state index contributed by atoms with van der Waals surface area (Å²) in [4.78, 5) is 26.1. The molecular weight excluding hydrogens is 285 g/mol. The second-order valence-corrected chi connectivity index (χ2v) is 5.20. The van der Waals surface area contributed by atoms with Gasteiger partial charge in [-0.1, -0.05) is 0 Å². The van der Waals surface area contributed by atoms with Gasteiger partial charge in [-0.25, -0.2) is 4.98 Å². The van der Waals surface area contributed by atoms with Crippen LogP contribution in [0.3, 0.4) is 0 Å². The van der Waals surface area contributed by atoms with Crippen LogP contribution in [0.25, 0.3) is 0 Å². The smallest absolute Gasteiger partial charge is 0.471 e. The predicted molar refractivity (Wildman–Crippen MR) is 59.9 cm³/mol. The number of alkyl halides is 3. The first kappa shape index (κ1) is 13.8. The zero-order valence-corrected chi connectivity index (χ0v) is 10.3. The number of rotatable bonds is 2. The predicted octanol–water partition coefficient (Wildman–Crippen LogP) is 1.83. The van der Waals surface area contributed by atoms with Gasteiger partial charge >= 0.3 is 18.1 Å². The van der Waals surface area contributed by atoms with Crippen LogP contribution in [0.15, 0.2) is 0 Å². The fourth-order valence-electron chi connectivity index (χ4n) is 1.81. The number of carbonyl (C=O) groups is 2. The van der Waals surface area contributed by atoms with Gasteiger partial charge in [-0.3, -0.25) is 14.9 Å². The van der Waals surface area contributed by atoms with Crippen LogP contribution < -0.4 is 5.32 Å². The molecule has 9 heteroatoms. The lowest BCUT2D eigenvalue weighted by Crippen LogP contribution is -2.29. The third-order valence-corrected chi connectivity index (χ3v) is 3.80. The summed E-state index contributed by atoms with van der Waals surface area (Å²) in [6, 6.07) is 0. The summed E-state index contributed by atoms with van der Waals surface area (Å²) in [5, 5.41) is 10.4. The number of aromatic nitrogens is 1. The average Bonchev–Trinajstić information content (AvgIpc) is 2.68. The zero-order valence-electron chi connectivity index (χ0n) is 9.45. The zero-order chi connectivity index (χ0) is 14.2. The molecule has 1 aliphatic carbocycles. The lowest BCUT2D eigenvalue weighted by Gasteiger charge is -2.16. The summed E-state index contributed by atoms with van der Waals surface area (Å²) in [7, 11) is 0. The van der Waals surface area contributed by atoms with Gasteiger partial charge in [0.1, 0.15) is 0 Å². The van der Waals surface area contributed by atoms with Crippen LogP contribution in [0.4, 0.5) is 18.3 Å². The molecule has 1 aliphatic rings. The highest BCUT2D eigenvalue weighted by molar-refractivity contribution is 7.15. The Bertz CT molecular complexity index is 527. The number of nitrogens with zero attached hydrogens (tertiary/aromatic N) is 1. The summed E-state index contributed by atoms with van der Waals surface area (Å²) < 4.78 is 36.2. The second-order valence-electron chi connectivity index (χ2n) is 4.12. The number of carboxylic acids is 1. The summed E-state index contributed by atoms with van der Waals surface area (Å²) in [6.45, 7) is 0. The largest absolute Gasteiger partial charge is 0.481 e. The van der Waals surface area contributed by atoms with E-state index in [1.807, 2.05) is 0 Å². The van der Waals surface area contributed by atoms with Gasteiger partial charge in [0.15, 0.2) is 5.13 Å². The molecule has 1 aromatic heterocycles. The molecule has 2 rings (SSSR count). The number of halogens is 3. The highest BCUT2D eigenvalue weighted by Gasteiger charge is 2.39. The van der Waals surface area contributed by atoms with E-state index in [1.54, 1.807) is 5.32 Å². The van der Waals surface area contributed by atoms with Crippen LogP contribution >= 0.6 is 11.3 Å². The minimum Gasteiger partial charge on any atom is -0.481 e. The summed E-state index contributed by atoms with van der Waals surface area (Å²) in [5.74, 6) is -3.55. The summed E-state index contributed by atoms with van der Waals surface area (Å²) in [6.07, 6.45) is -3.93. The second kappa shape index (κ2) is 4.80. The standard InChI is InChI=1S/C10H9F3N2O3S/c11-10(12,13)8(18)15-9-14-5-2-1-4(7(16)17)3-6(5)19-9/h4H,1-3H2,(H,16,17)(H,14,15,18). The van der Waals surface area contributed by atoms with Crippen LogP contribution in [0.1, 0.15) is 17.0 Å². The monoisotopic (exact) mass is 294 g/mol. The normalized spacial score (nSPS) is 18.8. The summed E-state index contributed by atoms with van der Waals surface area (Å²) >= 11 is 0.895. The Labute approximate surface area is 109 Å². The fourth-order valence-corrected chi connectivity index (χ4v) is 2.89. The number of hydrogen-bond donors (Lipinski definition) is 2. The van der Waals surface area contributed by atoms with Crippen molar-refractivity contribution in [2.75, 3.05) is 5.32 Å². The maximum Gasteiger partial charge on any atom is 0.471 e. The SMILES string of the molecule is O=C(O)C1CCc2nc(NC(=O)C(F)(F)F)sc2C1. The molecule has 0 saturated heterocycles. The average molecular weight is 294 g/mol. The van der Waals surface area contributed by atoms with Crippen molar-refractivity contribution in [1.29, 1.82) is 0 Å². The first-order valence-electron chi connectivity index (χ1n) is 5.37. The number of aliphatic carboxylic acids is 1. The number of fused-ring (bicyclic) bond motifs is 1. The first-order valence-corrected chi connectivity index (χ1v) is 6.18. The number of carboxylic acid groups (broad SMARTS) is 1. The lowest BCUT2D eigenvalue weighted by molar-refractivity contribution is -0.167. The van der Waals surface area contributed by atoms with E-state index in [0.29, 0.717) is 23.4 Å². The quantitative estimate of drug-likeness (QED) is 0.872. The van der Waals surface area contributed by atoms with E-state index >= 15 is 0 Å². The molecular formula is C10H9F3N2O3S. The Balaban J connectivity index is 2.11. The highest BCUT2D eigenvalue weighted by atomic mass is 32.1. The van der Waals surface area contributed by atoms with Crippen molar-refractivity contribution in [2.24, 2.45) is 5.92 Å². The molecule has 0 radical (unpaired) electrons. The van der Waals surface area contributed by atoms with Crippen LogP contribution in [0.2, 0.25) is 0 Å². The van der Waals surface area contributed by atoms with Gasteiger partial charge in [0.25, 0.3) is 0 Å². The number of anilines is 1. The molecule has 1 heterocycles. The van der Waals surface area contributed by atoms with Crippen molar-refractivity contribution in [2.45, 2.75) is 25.4 Å². The van der Waals surface area contributed by atoms with Crippen molar-refractivity contribution in [3.63, 3.8) is 0 Å². The lowest BCUT2D eigenvalue weighted by atomic mass is 9.91. The number of carbonyl (C=O) groups excluding carboxylic acids is 1. The van der Waals surface area contributed by atoms with Crippen LogP contribution in [0.5, 0.6) is 0 Å². The molecule has 1 aromatic rings. The van der Waals surface area contributed by atoms with Crippen LogP contribution in [0, 0.1) is 5.92 Å². The highest BCUT2D eigenvalue weighted by Crippen LogP contribution is 2.33. The number of hydrogen-bond acceptors (Lipinski definition) is 4. The van der Waals surface area contributed by atoms with E-state index in [1.165, 1.54) is 0 Å². The molecule has 5 nitrogen and oxygen atoms in total. The van der Waals surface area contributed by atoms with Crippen molar-refractivity contribution in [3.8, 4) is 0 Å². The van der Waals surface area contributed by atoms with E-state index in [-0.39, 0.29) is 11.6 Å². The van der Waals surface area contributed by atoms with Crippen LogP contribution in [-0.4, -0.2) is 28.1 Å². The molecule has 0 aromatic carbocycles. The Morgan fingerprint density at radius 3 is 2.68 bits per heavy atom. The van der Waals surface area contributed by atoms with Gasteiger partial charge in [-0.15, -0.1) is 11.3 Å². The fraction of sp³-hybridized carbons (Fsp3) is 0.500. The molecule has 0 fully saturated rings. The van der Waals surface area contributed by atoms with Gasteiger partial charge in [-0.2, -0.15) is 13.2 Å². The van der Waals surface area contributed by atoms with E-state index in [9.17, 15) is 22.8 Å². The minimum absolute atomic E-state index is 0.140. The molecule has 0 spiro atoms. The van der Waals surface area contributed by atoms with E-state index in [2.05, 4.69) is 4.98 Å². The number of nitrogens with one attached hydrogen (secondary N) is 1. The van der Waals surface area contributed by atoms with E-state index in [0.717, 1.165) is 11.3 Å². The molecule has 0 bridgehead atoms. The van der Waals surface area contributed by atoms with Crippen molar-refractivity contribution in [1.82, 2.24) is 4.98 Å². The van der Waals surface area contributed by atoms with Gasteiger partial charge in [-0.05, 0) is 19.3 Å². The van der Waals surface area contributed by atoms with E-state index < -0.39 is 24.0 Å². The Morgan fingerprint density at radius 2 is 2.11 bits per heavy atom. The van der Waals surface area contributed by atoms with Gasteiger partial charge in [0, 0.05) is 4.88 Å². The van der Waals surface area contributed by atoms with E-state index in [4.69, 9.17) is 5.11 Å². The van der Waals surface area contributed by atoms with Crippen molar-refractivity contribution >= 4 is 28.3 Å². The molecule has 19 heavy (non-hydrogen) atoms. The first-order chi connectivity index (χ1) is 8.77. The molecule has 1 amide bonds. The van der Waals surface area contributed by atoms with Gasteiger partial charge in [0.2, 0.25) is 0 Å². The summed E-state index contributed by atoms with van der Waals surface area (Å²) in [5.41, 5.74) is 0.569. The Hall–Kier alpha value is -1.64. The molecule has 2 N–H and O–H groups in total. The number of aryl methyl sites for hydroxylation is 1. The van der Waals surface area contributed by atoms with Gasteiger partial charge < -0.3 is 5.11 Å². The Kier molecular flexibility index (Phi) is 3.48. The Morgan fingerprint density at radius 1 is 1.42 bits per heavy atom. The topological polar surface area (TPSA) is 79.3 Å². The van der Waals surface area contributed by atoms with Crippen LogP contribution in [-0.2, 0) is 22.4 Å². The molecule has 104 valence electrons. The third kappa shape index (κ3) is 3.03. The molecule has 1 atom stereocenters. The number of thiazole rings is 1. The van der Waals surface area contributed by atoms with Crippen molar-refractivity contribution in [3.05, 3.63) is 10.6 Å². The molecule has 0 saturated carbocycles. The van der Waals surface area contributed by atoms with Crippen molar-refractivity contribution < 1.29 is 27.9 Å². The third-order valence-electron chi connectivity index (χ3n) is 2.77. The van der Waals surface area contributed by atoms with Gasteiger partial charge in [0.05, 0.1) is 11.6 Å².